The zero-order valence-corrected chi connectivity index (χ0v) is 14.1. The van der Waals surface area contributed by atoms with Crippen molar-refractivity contribution in [3.8, 4) is 0 Å². The van der Waals surface area contributed by atoms with E-state index < -0.39 is 0 Å². The molecule has 1 aliphatic rings. The zero-order chi connectivity index (χ0) is 14.7. The minimum atomic E-state index is 0.477. The summed E-state index contributed by atoms with van der Waals surface area (Å²) in [5.74, 6) is 0. The Kier molecular flexibility index (Phi) is 4.81. The van der Waals surface area contributed by atoms with E-state index in [1.165, 1.54) is 48.7 Å². The van der Waals surface area contributed by atoms with Crippen LogP contribution in [-0.2, 0) is 0 Å². The summed E-state index contributed by atoms with van der Waals surface area (Å²) in [6, 6.07) is 14.0. The first-order valence-electron chi connectivity index (χ1n) is 7.91. The predicted molar refractivity (Wildman–Crippen MR) is 95.0 cm³/mol. The average Bonchev–Trinajstić information content (AvgIpc) is 2.51. The maximum atomic E-state index is 3.70. The number of fused-ring (bicyclic) bond motifs is 1. The van der Waals surface area contributed by atoms with Crippen LogP contribution in [0.25, 0.3) is 10.8 Å². The summed E-state index contributed by atoms with van der Waals surface area (Å²) in [6.45, 7) is 3.46. The number of anilines is 1. The minimum Gasteiger partial charge on any atom is -0.382 e. The Labute approximate surface area is 135 Å². The lowest BCUT2D eigenvalue weighted by Gasteiger charge is -2.27. The quantitative estimate of drug-likeness (QED) is 0.819. The standard InChI is InChI=1S/C18H23BrN2/c1-13(12-14-6-4-5-11-20-14)21-18-10-9-17(19)15-7-2-3-8-16(15)18/h2-3,7-10,13-14,20-21H,4-6,11-12H2,1H3. The lowest BCUT2D eigenvalue weighted by atomic mass is 9.98. The molecule has 1 aliphatic heterocycles. The number of nitrogens with one attached hydrogen (secondary N) is 2. The molecule has 21 heavy (non-hydrogen) atoms. The molecule has 1 heterocycles. The van der Waals surface area contributed by atoms with Crippen LogP contribution in [0.4, 0.5) is 5.69 Å². The van der Waals surface area contributed by atoms with Crippen molar-refractivity contribution in [3.63, 3.8) is 0 Å². The lowest BCUT2D eigenvalue weighted by Crippen LogP contribution is -2.37. The largest absolute Gasteiger partial charge is 0.382 e. The predicted octanol–water partition coefficient (Wildman–Crippen LogP) is 4.93. The van der Waals surface area contributed by atoms with Gasteiger partial charge in [-0.2, -0.15) is 0 Å². The first kappa shape index (κ1) is 14.9. The molecule has 2 atom stereocenters. The number of hydrogen-bond acceptors (Lipinski definition) is 2. The summed E-state index contributed by atoms with van der Waals surface area (Å²) in [7, 11) is 0. The molecule has 3 rings (SSSR count). The third-order valence-corrected chi connectivity index (χ3v) is 5.01. The Morgan fingerprint density at radius 3 is 2.76 bits per heavy atom. The van der Waals surface area contributed by atoms with Crippen LogP contribution in [0.15, 0.2) is 40.9 Å². The highest BCUT2D eigenvalue weighted by Gasteiger charge is 2.16. The number of halogens is 1. The van der Waals surface area contributed by atoms with Crippen LogP contribution >= 0.6 is 15.9 Å². The van der Waals surface area contributed by atoms with E-state index in [9.17, 15) is 0 Å². The van der Waals surface area contributed by atoms with E-state index in [2.05, 4.69) is 69.9 Å². The molecule has 112 valence electrons. The van der Waals surface area contributed by atoms with Crippen molar-refractivity contribution in [2.75, 3.05) is 11.9 Å². The lowest BCUT2D eigenvalue weighted by molar-refractivity contribution is 0.371. The topological polar surface area (TPSA) is 24.1 Å². The van der Waals surface area contributed by atoms with E-state index in [4.69, 9.17) is 0 Å². The summed E-state index contributed by atoms with van der Waals surface area (Å²) in [4.78, 5) is 0. The second-order valence-electron chi connectivity index (χ2n) is 6.07. The molecule has 2 aromatic carbocycles. The fraction of sp³-hybridized carbons (Fsp3) is 0.444. The van der Waals surface area contributed by atoms with Gasteiger partial charge in [0.05, 0.1) is 0 Å². The Bertz CT molecular complexity index is 605. The van der Waals surface area contributed by atoms with E-state index in [0.29, 0.717) is 12.1 Å². The van der Waals surface area contributed by atoms with Gasteiger partial charge < -0.3 is 10.6 Å². The second kappa shape index (κ2) is 6.80. The van der Waals surface area contributed by atoms with Gasteiger partial charge in [0.15, 0.2) is 0 Å². The van der Waals surface area contributed by atoms with E-state index >= 15 is 0 Å². The van der Waals surface area contributed by atoms with E-state index in [1.54, 1.807) is 0 Å². The Morgan fingerprint density at radius 2 is 2.00 bits per heavy atom. The first-order chi connectivity index (χ1) is 10.2. The average molecular weight is 347 g/mol. The second-order valence-corrected chi connectivity index (χ2v) is 6.92. The van der Waals surface area contributed by atoms with Gasteiger partial charge in [0.2, 0.25) is 0 Å². The molecule has 0 aliphatic carbocycles. The Morgan fingerprint density at radius 1 is 1.19 bits per heavy atom. The molecule has 0 radical (unpaired) electrons. The maximum Gasteiger partial charge on any atom is 0.0422 e. The highest BCUT2D eigenvalue weighted by molar-refractivity contribution is 9.10. The molecule has 0 amide bonds. The van der Waals surface area contributed by atoms with E-state index in [0.717, 1.165) is 4.47 Å². The maximum absolute atomic E-state index is 3.70. The molecule has 2 nitrogen and oxygen atoms in total. The van der Waals surface area contributed by atoms with Crippen LogP contribution in [0, 0.1) is 0 Å². The highest BCUT2D eigenvalue weighted by atomic mass is 79.9. The number of piperidine rings is 1. The van der Waals surface area contributed by atoms with E-state index in [1.807, 2.05) is 0 Å². The summed E-state index contributed by atoms with van der Waals surface area (Å²) >= 11 is 3.64. The van der Waals surface area contributed by atoms with Gasteiger partial charge in [-0.1, -0.05) is 46.6 Å². The van der Waals surface area contributed by atoms with Crippen LogP contribution in [0.3, 0.4) is 0 Å². The van der Waals surface area contributed by atoms with Gasteiger partial charge in [-0.3, -0.25) is 0 Å². The van der Waals surface area contributed by atoms with Crippen molar-refractivity contribution in [1.29, 1.82) is 0 Å². The van der Waals surface area contributed by atoms with Gasteiger partial charge >= 0.3 is 0 Å². The fourth-order valence-corrected chi connectivity index (χ4v) is 3.74. The number of rotatable bonds is 4. The van der Waals surface area contributed by atoms with Crippen molar-refractivity contribution >= 4 is 32.4 Å². The monoisotopic (exact) mass is 346 g/mol. The molecule has 0 bridgehead atoms. The van der Waals surface area contributed by atoms with Crippen LogP contribution in [0.1, 0.15) is 32.6 Å². The van der Waals surface area contributed by atoms with Gasteiger partial charge in [0.1, 0.15) is 0 Å². The third-order valence-electron chi connectivity index (χ3n) is 4.32. The van der Waals surface area contributed by atoms with Gasteiger partial charge in [0.25, 0.3) is 0 Å². The smallest absolute Gasteiger partial charge is 0.0422 e. The number of hydrogen-bond donors (Lipinski definition) is 2. The molecule has 2 N–H and O–H groups in total. The summed E-state index contributed by atoms with van der Waals surface area (Å²) in [5.41, 5.74) is 1.23. The van der Waals surface area contributed by atoms with Crippen molar-refractivity contribution in [2.24, 2.45) is 0 Å². The minimum absolute atomic E-state index is 0.477. The molecule has 0 spiro atoms. The van der Waals surface area contributed by atoms with Gasteiger partial charge in [0, 0.05) is 27.6 Å². The summed E-state index contributed by atoms with van der Waals surface area (Å²) in [5, 5.41) is 9.89. The fourth-order valence-electron chi connectivity index (χ4n) is 3.26. The molecule has 2 unspecified atom stereocenters. The van der Waals surface area contributed by atoms with Crippen LogP contribution < -0.4 is 10.6 Å². The molecular weight excluding hydrogens is 324 g/mol. The van der Waals surface area contributed by atoms with Crippen molar-refractivity contribution < 1.29 is 0 Å². The van der Waals surface area contributed by atoms with Crippen LogP contribution in [-0.4, -0.2) is 18.6 Å². The van der Waals surface area contributed by atoms with E-state index in [-0.39, 0.29) is 0 Å². The first-order valence-corrected chi connectivity index (χ1v) is 8.70. The Balaban J connectivity index is 1.73. The van der Waals surface area contributed by atoms with Gasteiger partial charge in [-0.05, 0) is 50.2 Å². The van der Waals surface area contributed by atoms with Crippen molar-refractivity contribution in [2.45, 2.75) is 44.7 Å². The van der Waals surface area contributed by atoms with Gasteiger partial charge in [-0.25, -0.2) is 0 Å². The molecule has 0 saturated carbocycles. The summed E-state index contributed by atoms with van der Waals surface area (Å²) < 4.78 is 1.16. The molecule has 1 saturated heterocycles. The molecule has 0 aromatic heterocycles. The normalized spacial score (nSPS) is 20.4. The molecule has 1 fully saturated rings. The Hall–Kier alpha value is -1.06. The van der Waals surface area contributed by atoms with Crippen LogP contribution in [0.2, 0.25) is 0 Å². The van der Waals surface area contributed by atoms with Crippen molar-refractivity contribution in [1.82, 2.24) is 5.32 Å². The number of benzene rings is 2. The third kappa shape index (κ3) is 3.58. The highest BCUT2D eigenvalue weighted by Crippen LogP contribution is 2.30. The van der Waals surface area contributed by atoms with Crippen LogP contribution in [0.5, 0.6) is 0 Å². The molecule has 2 aromatic rings. The van der Waals surface area contributed by atoms with Crippen molar-refractivity contribution in [3.05, 3.63) is 40.9 Å². The zero-order valence-electron chi connectivity index (χ0n) is 12.5. The van der Waals surface area contributed by atoms with Gasteiger partial charge in [-0.15, -0.1) is 0 Å². The summed E-state index contributed by atoms with van der Waals surface area (Å²) in [6.07, 6.45) is 5.19. The molecule has 3 heteroatoms. The SMILES string of the molecule is CC(CC1CCCCN1)Nc1ccc(Br)c2ccccc12. The molecular formula is C18H23BrN2.